The Morgan fingerprint density at radius 2 is 1.67 bits per heavy atom. The Balaban J connectivity index is 1.95. The van der Waals surface area contributed by atoms with E-state index < -0.39 is 0 Å². The highest BCUT2D eigenvalue weighted by Crippen LogP contribution is 2.24. The number of benzene rings is 2. The molecule has 0 saturated carbocycles. The lowest BCUT2D eigenvalue weighted by Gasteiger charge is -2.20. The molecule has 3 aromatic rings. The summed E-state index contributed by atoms with van der Waals surface area (Å²) in [5, 5.41) is 3.41. The summed E-state index contributed by atoms with van der Waals surface area (Å²) < 4.78 is 0. The van der Waals surface area contributed by atoms with E-state index in [2.05, 4.69) is 10.3 Å². The second-order valence-electron chi connectivity index (χ2n) is 5.58. The first-order valence-electron chi connectivity index (χ1n) is 7.67. The summed E-state index contributed by atoms with van der Waals surface area (Å²) in [6.45, 7) is 2.04. The van der Waals surface area contributed by atoms with E-state index in [1.165, 1.54) is 11.8 Å². The molecule has 0 fully saturated rings. The molecule has 120 valence electrons. The van der Waals surface area contributed by atoms with Crippen molar-refractivity contribution in [1.82, 2.24) is 10.3 Å². The van der Waals surface area contributed by atoms with Crippen molar-refractivity contribution >= 4 is 17.5 Å². The molecule has 0 bridgehead atoms. The lowest BCUT2D eigenvalue weighted by atomic mass is 9.97. The molecule has 0 aliphatic heterocycles. The number of rotatable bonds is 4. The lowest BCUT2D eigenvalue weighted by Crippen LogP contribution is -2.29. The van der Waals surface area contributed by atoms with Gasteiger partial charge in [0.25, 0.3) is 5.91 Å². The van der Waals surface area contributed by atoms with Crippen molar-refractivity contribution in [2.75, 3.05) is 0 Å². The summed E-state index contributed by atoms with van der Waals surface area (Å²) in [7, 11) is 0. The third-order valence-electron chi connectivity index (χ3n) is 3.84. The van der Waals surface area contributed by atoms with Crippen LogP contribution in [0.3, 0.4) is 0 Å². The minimum Gasteiger partial charge on any atom is -0.341 e. The van der Waals surface area contributed by atoms with E-state index in [4.69, 9.17) is 11.6 Å². The van der Waals surface area contributed by atoms with Crippen molar-refractivity contribution in [3.05, 3.63) is 100 Å². The van der Waals surface area contributed by atoms with Crippen molar-refractivity contribution in [2.45, 2.75) is 13.0 Å². The third kappa shape index (κ3) is 3.63. The van der Waals surface area contributed by atoms with Crippen molar-refractivity contribution in [3.8, 4) is 0 Å². The Morgan fingerprint density at radius 1 is 1.00 bits per heavy atom. The zero-order valence-electron chi connectivity index (χ0n) is 13.2. The molecule has 1 amide bonds. The quantitative estimate of drug-likeness (QED) is 0.758. The molecule has 1 atom stereocenters. The molecular weight excluding hydrogens is 320 g/mol. The number of hydrogen-bond acceptors (Lipinski definition) is 2. The maximum Gasteiger partial charge on any atom is 0.253 e. The van der Waals surface area contributed by atoms with Crippen molar-refractivity contribution in [3.63, 3.8) is 0 Å². The normalized spacial score (nSPS) is 11.8. The number of hydrogen-bond donors (Lipinski definition) is 1. The van der Waals surface area contributed by atoms with E-state index in [9.17, 15) is 4.79 Å². The van der Waals surface area contributed by atoms with Crippen LogP contribution in [0.2, 0.25) is 5.02 Å². The van der Waals surface area contributed by atoms with E-state index in [0.717, 1.165) is 11.1 Å². The Morgan fingerprint density at radius 3 is 2.33 bits per heavy atom. The number of carbonyl (C=O) groups excluding carboxylic acids is 1. The van der Waals surface area contributed by atoms with Crippen LogP contribution in [-0.4, -0.2) is 10.9 Å². The molecule has 0 aliphatic carbocycles. The molecule has 2 aromatic carbocycles. The van der Waals surface area contributed by atoms with Crippen LogP contribution in [-0.2, 0) is 0 Å². The number of nitrogens with one attached hydrogen (secondary N) is 1. The van der Waals surface area contributed by atoms with E-state index in [0.29, 0.717) is 10.6 Å². The topological polar surface area (TPSA) is 42.0 Å². The lowest BCUT2D eigenvalue weighted by molar-refractivity contribution is 0.0943. The van der Waals surface area contributed by atoms with Crippen LogP contribution >= 0.6 is 11.6 Å². The van der Waals surface area contributed by atoms with Gasteiger partial charge in [-0.25, -0.2) is 0 Å². The molecule has 0 aliphatic rings. The summed E-state index contributed by atoms with van der Waals surface area (Å²) in [5.41, 5.74) is 3.62. The van der Waals surface area contributed by atoms with Gasteiger partial charge < -0.3 is 5.32 Å². The van der Waals surface area contributed by atoms with Crippen LogP contribution in [0.1, 0.15) is 33.1 Å². The second-order valence-corrected chi connectivity index (χ2v) is 5.99. The number of halogens is 1. The zero-order chi connectivity index (χ0) is 16.9. The van der Waals surface area contributed by atoms with Gasteiger partial charge in [-0.15, -0.1) is 0 Å². The predicted octanol–water partition coefficient (Wildman–Crippen LogP) is 4.56. The Bertz CT molecular complexity index is 832. The number of aryl methyl sites for hydroxylation is 1. The third-order valence-corrected chi connectivity index (χ3v) is 4.14. The highest BCUT2D eigenvalue weighted by Gasteiger charge is 2.19. The second kappa shape index (κ2) is 7.28. The first kappa shape index (κ1) is 16.2. The summed E-state index contributed by atoms with van der Waals surface area (Å²) >= 11 is 6.09. The van der Waals surface area contributed by atoms with E-state index in [-0.39, 0.29) is 11.9 Å². The van der Waals surface area contributed by atoms with Gasteiger partial charge >= 0.3 is 0 Å². The molecule has 4 heteroatoms. The fraction of sp³-hybridized carbons (Fsp3) is 0.100. The molecule has 1 aromatic heterocycles. The number of pyridine rings is 1. The summed E-state index contributed by atoms with van der Waals surface area (Å²) in [6, 6.07) is 19.4. The van der Waals surface area contributed by atoms with Crippen LogP contribution in [0.4, 0.5) is 0 Å². The fourth-order valence-corrected chi connectivity index (χ4v) is 2.74. The Kier molecular flexibility index (Phi) is 4.92. The van der Waals surface area contributed by atoms with Crippen LogP contribution in [0.25, 0.3) is 0 Å². The van der Waals surface area contributed by atoms with Gasteiger partial charge in [0.15, 0.2) is 0 Å². The fourth-order valence-electron chi connectivity index (χ4n) is 2.53. The van der Waals surface area contributed by atoms with Gasteiger partial charge in [-0.05, 0) is 24.1 Å². The smallest absolute Gasteiger partial charge is 0.253 e. The summed E-state index contributed by atoms with van der Waals surface area (Å²) in [4.78, 5) is 16.6. The highest BCUT2D eigenvalue weighted by atomic mass is 35.5. The molecule has 1 N–H and O–H groups in total. The molecular formula is C20H17ClN2O. The summed E-state index contributed by atoms with van der Waals surface area (Å²) in [5.74, 6) is -0.225. The first-order valence-corrected chi connectivity index (χ1v) is 8.05. The number of carbonyl (C=O) groups is 1. The summed E-state index contributed by atoms with van der Waals surface area (Å²) in [6.07, 6.45) is 3.03. The average molecular weight is 337 g/mol. The largest absolute Gasteiger partial charge is 0.341 e. The van der Waals surface area contributed by atoms with Crippen molar-refractivity contribution < 1.29 is 4.79 Å². The zero-order valence-corrected chi connectivity index (χ0v) is 14.0. The van der Waals surface area contributed by atoms with Gasteiger partial charge in [-0.2, -0.15) is 0 Å². The molecule has 1 heterocycles. The Labute approximate surface area is 146 Å². The number of amides is 1. The standard InChI is InChI=1S/C20H17ClN2O/c1-14-7-9-16(10-8-14)19(15-5-3-2-4-6-15)23-20(24)17-11-12-22-13-18(17)21/h2-13,19H,1H3,(H,23,24)/t19-/m0/s1. The maximum absolute atomic E-state index is 12.7. The van der Waals surface area contributed by atoms with Gasteiger partial charge in [0.05, 0.1) is 16.6 Å². The number of nitrogens with zero attached hydrogens (tertiary/aromatic N) is 1. The first-order chi connectivity index (χ1) is 11.6. The van der Waals surface area contributed by atoms with Gasteiger partial charge in [0.2, 0.25) is 0 Å². The van der Waals surface area contributed by atoms with E-state index in [1.807, 2.05) is 61.5 Å². The monoisotopic (exact) mass is 336 g/mol. The molecule has 24 heavy (non-hydrogen) atoms. The molecule has 3 nitrogen and oxygen atoms in total. The van der Waals surface area contributed by atoms with Gasteiger partial charge in [0, 0.05) is 12.4 Å². The highest BCUT2D eigenvalue weighted by molar-refractivity contribution is 6.33. The van der Waals surface area contributed by atoms with Crippen LogP contribution in [0, 0.1) is 6.92 Å². The van der Waals surface area contributed by atoms with E-state index >= 15 is 0 Å². The van der Waals surface area contributed by atoms with Crippen molar-refractivity contribution in [2.24, 2.45) is 0 Å². The molecule has 0 radical (unpaired) electrons. The van der Waals surface area contributed by atoms with Crippen LogP contribution < -0.4 is 5.32 Å². The maximum atomic E-state index is 12.7. The SMILES string of the molecule is Cc1ccc([C@@H](NC(=O)c2ccncc2Cl)c2ccccc2)cc1. The molecule has 0 unspecified atom stereocenters. The van der Waals surface area contributed by atoms with Crippen LogP contribution in [0.15, 0.2) is 73.1 Å². The van der Waals surface area contributed by atoms with Crippen LogP contribution in [0.5, 0.6) is 0 Å². The van der Waals surface area contributed by atoms with Crippen molar-refractivity contribution in [1.29, 1.82) is 0 Å². The minimum absolute atomic E-state index is 0.225. The average Bonchev–Trinajstić information content (AvgIpc) is 2.61. The minimum atomic E-state index is -0.247. The molecule has 0 saturated heterocycles. The van der Waals surface area contributed by atoms with E-state index in [1.54, 1.807) is 12.3 Å². The number of aromatic nitrogens is 1. The predicted molar refractivity (Wildman–Crippen MR) is 96.2 cm³/mol. The Hall–Kier alpha value is -2.65. The van der Waals surface area contributed by atoms with Gasteiger partial charge in [-0.3, -0.25) is 9.78 Å². The molecule has 3 rings (SSSR count). The van der Waals surface area contributed by atoms with Gasteiger partial charge in [0.1, 0.15) is 0 Å². The van der Waals surface area contributed by atoms with Gasteiger partial charge in [-0.1, -0.05) is 71.8 Å². The molecule has 0 spiro atoms.